The van der Waals surface area contributed by atoms with Gasteiger partial charge in [0.25, 0.3) is 0 Å². The highest BCUT2D eigenvalue weighted by molar-refractivity contribution is 5.68. The number of rotatable bonds is 2. The highest BCUT2D eigenvalue weighted by Crippen LogP contribution is 2.48. The fraction of sp³-hybridized carbons (Fsp3) is 0.471. The number of carbonyl (C=O) groups is 1. The Morgan fingerprint density at radius 3 is 3.10 bits per heavy atom. The minimum absolute atomic E-state index is 0.301. The van der Waals surface area contributed by atoms with Crippen LogP contribution in [-0.2, 0) is 16.8 Å². The number of hydrogen-bond acceptors (Lipinski definition) is 2. The number of nitrogens with one attached hydrogen (secondary N) is 1. The molecule has 3 nitrogen and oxygen atoms in total. The van der Waals surface area contributed by atoms with Crippen molar-refractivity contribution in [2.45, 2.75) is 38.2 Å². The number of carbonyl (C=O) groups excluding carboxylic acids is 1. The van der Waals surface area contributed by atoms with Crippen molar-refractivity contribution in [3.63, 3.8) is 0 Å². The molecule has 0 aliphatic heterocycles. The number of allylic oxidation sites excluding steroid dienone is 1. The first-order chi connectivity index (χ1) is 9.76. The molecule has 2 atom stereocenters. The van der Waals surface area contributed by atoms with E-state index in [1.54, 1.807) is 0 Å². The van der Waals surface area contributed by atoms with Crippen LogP contribution in [0.5, 0.6) is 0 Å². The normalized spacial score (nSPS) is 27.4. The van der Waals surface area contributed by atoms with E-state index in [0.717, 1.165) is 25.7 Å². The van der Waals surface area contributed by atoms with Crippen LogP contribution in [-0.4, -0.2) is 12.6 Å². The number of ether oxygens (including phenoxy) is 1. The maximum absolute atomic E-state index is 12.0. The van der Waals surface area contributed by atoms with Crippen LogP contribution in [0.25, 0.3) is 0 Å². The van der Waals surface area contributed by atoms with E-state index >= 15 is 0 Å². The second-order valence-electron chi connectivity index (χ2n) is 5.61. The van der Waals surface area contributed by atoms with Crippen molar-refractivity contribution in [1.82, 2.24) is 5.32 Å². The number of alkyl carbamates (subject to hydrolysis) is 1. The molecule has 3 heteroatoms. The summed E-state index contributed by atoms with van der Waals surface area (Å²) in [4.78, 5) is 12.0. The summed E-state index contributed by atoms with van der Waals surface area (Å²) in [7, 11) is 0. The number of aryl methyl sites for hydroxylation is 1. The van der Waals surface area contributed by atoms with Crippen LogP contribution in [0.1, 0.15) is 37.3 Å². The molecule has 0 heterocycles. The number of hydrogen-bond donors (Lipinski definition) is 1. The van der Waals surface area contributed by atoms with Crippen molar-refractivity contribution in [3.8, 4) is 0 Å². The van der Waals surface area contributed by atoms with Gasteiger partial charge in [-0.25, -0.2) is 4.79 Å². The van der Waals surface area contributed by atoms with Crippen LogP contribution < -0.4 is 5.32 Å². The molecule has 20 heavy (non-hydrogen) atoms. The Balaban J connectivity index is 2.01. The highest BCUT2D eigenvalue weighted by atomic mass is 16.6. The number of amides is 1. The van der Waals surface area contributed by atoms with Gasteiger partial charge >= 0.3 is 6.09 Å². The van der Waals surface area contributed by atoms with Crippen molar-refractivity contribution in [1.29, 1.82) is 0 Å². The van der Waals surface area contributed by atoms with Crippen LogP contribution >= 0.6 is 0 Å². The average molecular weight is 271 g/mol. The summed E-state index contributed by atoms with van der Waals surface area (Å²) in [5.41, 5.74) is 2.05. The molecule has 1 aromatic carbocycles. The van der Waals surface area contributed by atoms with E-state index in [4.69, 9.17) is 4.74 Å². The smallest absolute Gasteiger partial charge is 0.408 e. The van der Waals surface area contributed by atoms with Gasteiger partial charge in [0.1, 0.15) is 5.60 Å². The Labute approximate surface area is 120 Å². The lowest BCUT2D eigenvalue weighted by Gasteiger charge is -2.45. The summed E-state index contributed by atoms with van der Waals surface area (Å²) < 4.78 is 5.95. The standard InChI is InChI=1S/C17H21NO2/c1-2-18-16(19)20-17-12-6-5-8-14(17)11-10-13-7-3-4-9-15(13)17/h3-7,9,14H,2,8,10-12H2,1H3,(H,18,19). The van der Waals surface area contributed by atoms with Gasteiger partial charge in [0, 0.05) is 18.9 Å². The summed E-state index contributed by atoms with van der Waals surface area (Å²) in [5, 5.41) is 2.77. The molecule has 1 aromatic rings. The molecule has 0 saturated heterocycles. The Hall–Kier alpha value is -1.77. The quantitative estimate of drug-likeness (QED) is 0.835. The topological polar surface area (TPSA) is 38.3 Å². The molecule has 0 radical (unpaired) electrons. The summed E-state index contributed by atoms with van der Waals surface area (Å²) in [6, 6.07) is 8.40. The van der Waals surface area contributed by atoms with Crippen LogP contribution in [0, 0.1) is 5.92 Å². The highest BCUT2D eigenvalue weighted by Gasteiger charge is 2.47. The maximum Gasteiger partial charge on any atom is 0.408 e. The summed E-state index contributed by atoms with van der Waals surface area (Å²) >= 11 is 0. The van der Waals surface area contributed by atoms with E-state index in [2.05, 4.69) is 35.7 Å². The van der Waals surface area contributed by atoms with Crippen LogP contribution in [0.3, 0.4) is 0 Å². The van der Waals surface area contributed by atoms with Gasteiger partial charge < -0.3 is 10.1 Å². The molecule has 1 N–H and O–H groups in total. The fourth-order valence-corrected chi connectivity index (χ4v) is 3.56. The van der Waals surface area contributed by atoms with Crippen LogP contribution in [0.15, 0.2) is 36.4 Å². The van der Waals surface area contributed by atoms with E-state index in [1.807, 2.05) is 13.0 Å². The molecule has 0 aromatic heterocycles. The molecule has 0 bridgehead atoms. The predicted octanol–water partition coefficient (Wildman–Crippen LogP) is 3.54. The number of benzene rings is 1. The Morgan fingerprint density at radius 2 is 2.25 bits per heavy atom. The maximum atomic E-state index is 12.0. The predicted molar refractivity (Wildman–Crippen MR) is 78.5 cm³/mol. The van der Waals surface area contributed by atoms with E-state index in [0.29, 0.717) is 12.5 Å². The summed E-state index contributed by atoms with van der Waals surface area (Å²) in [6.07, 6.45) is 8.01. The van der Waals surface area contributed by atoms with Crippen LogP contribution in [0.4, 0.5) is 4.79 Å². The molecule has 0 fully saturated rings. The monoisotopic (exact) mass is 271 g/mol. The van der Waals surface area contributed by atoms with Crippen molar-refractivity contribution in [2.24, 2.45) is 5.92 Å². The minimum Gasteiger partial charge on any atom is -0.437 e. The lowest BCUT2D eigenvalue weighted by molar-refractivity contribution is -0.0501. The van der Waals surface area contributed by atoms with Gasteiger partial charge in [0.15, 0.2) is 0 Å². The molecule has 2 unspecified atom stereocenters. The van der Waals surface area contributed by atoms with Gasteiger partial charge in [-0.2, -0.15) is 0 Å². The molecule has 0 spiro atoms. The van der Waals surface area contributed by atoms with E-state index < -0.39 is 5.60 Å². The minimum atomic E-state index is -0.469. The van der Waals surface area contributed by atoms with Crippen molar-refractivity contribution in [3.05, 3.63) is 47.5 Å². The summed E-state index contributed by atoms with van der Waals surface area (Å²) in [5.74, 6) is 0.394. The van der Waals surface area contributed by atoms with Gasteiger partial charge in [-0.3, -0.25) is 0 Å². The largest absolute Gasteiger partial charge is 0.437 e. The average Bonchev–Trinajstić information content (AvgIpc) is 2.47. The molecule has 2 aliphatic rings. The molecule has 2 aliphatic carbocycles. The lowest BCUT2D eigenvalue weighted by atomic mass is 9.66. The first kappa shape index (κ1) is 13.2. The Bertz CT molecular complexity index is 538. The third kappa shape index (κ3) is 2.11. The van der Waals surface area contributed by atoms with Gasteiger partial charge in [0.2, 0.25) is 0 Å². The van der Waals surface area contributed by atoms with E-state index in [1.165, 1.54) is 11.1 Å². The fourth-order valence-electron chi connectivity index (χ4n) is 3.56. The van der Waals surface area contributed by atoms with Crippen LogP contribution in [0.2, 0.25) is 0 Å². The first-order valence-electron chi connectivity index (χ1n) is 7.46. The van der Waals surface area contributed by atoms with E-state index in [-0.39, 0.29) is 6.09 Å². The van der Waals surface area contributed by atoms with Crippen molar-refractivity contribution < 1.29 is 9.53 Å². The first-order valence-corrected chi connectivity index (χ1v) is 7.46. The second kappa shape index (κ2) is 5.31. The molecule has 106 valence electrons. The zero-order valence-corrected chi connectivity index (χ0v) is 11.9. The third-order valence-corrected chi connectivity index (χ3v) is 4.50. The lowest BCUT2D eigenvalue weighted by Crippen LogP contribution is -2.46. The summed E-state index contributed by atoms with van der Waals surface area (Å²) in [6.45, 7) is 2.50. The number of fused-ring (bicyclic) bond motifs is 3. The Morgan fingerprint density at radius 1 is 1.40 bits per heavy atom. The third-order valence-electron chi connectivity index (χ3n) is 4.50. The zero-order valence-electron chi connectivity index (χ0n) is 11.9. The molecule has 0 saturated carbocycles. The van der Waals surface area contributed by atoms with E-state index in [9.17, 15) is 4.79 Å². The van der Waals surface area contributed by atoms with Gasteiger partial charge in [0.05, 0.1) is 0 Å². The zero-order chi connectivity index (χ0) is 14.0. The molecule has 1 amide bonds. The molecular weight excluding hydrogens is 250 g/mol. The van der Waals surface area contributed by atoms with Crippen molar-refractivity contribution >= 4 is 6.09 Å². The van der Waals surface area contributed by atoms with Gasteiger partial charge in [-0.05, 0) is 37.3 Å². The van der Waals surface area contributed by atoms with Crippen molar-refractivity contribution in [2.75, 3.05) is 6.54 Å². The van der Waals surface area contributed by atoms with Gasteiger partial charge in [-0.15, -0.1) is 0 Å². The van der Waals surface area contributed by atoms with Gasteiger partial charge in [-0.1, -0.05) is 36.4 Å². The SMILES string of the molecule is CCNC(=O)OC12CC=CCC1CCc1ccccc12. The molecule has 3 rings (SSSR count). The molecular formula is C17H21NO2. The Kier molecular flexibility index (Phi) is 3.51. The second-order valence-corrected chi connectivity index (χ2v) is 5.61.